The van der Waals surface area contributed by atoms with Gasteiger partial charge in [0.2, 0.25) is 0 Å². The smallest absolute Gasteiger partial charge is 0.0110 e. The molecule has 4 aliphatic heterocycles. The molecule has 4 saturated heterocycles. The van der Waals surface area contributed by atoms with Crippen molar-refractivity contribution >= 4 is 0 Å². The summed E-state index contributed by atoms with van der Waals surface area (Å²) in [5.41, 5.74) is 0. The molecule has 0 aliphatic carbocycles. The molecule has 4 aliphatic rings. The van der Waals surface area contributed by atoms with Crippen LogP contribution in [0, 0.1) is 0 Å². The molecule has 4 heterocycles. The second-order valence-corrected chi connectivity index (χ2v) is 11.5. The van der Waals surface area contributed by atoms with Crippen molar-refractivity contribution in [1.29, 1.82) is 0 Å². The largest absolute Gasteiger partial charge is 0.304 e. The highest BCUT2D eigenvalue weighted by atomic mass is 15.3. The molecule has 0 atom stereocenters. The molecule has 8 nitrogen and oxygen atoms in total. The Labute approximate surface area is 292 Å². The van der Waals surface area contributed by atoms with Crippen LogP contribution in [0.15, 0.2) is 0 Å². The molecule has 4 fully saturated rings. The van der Waals surface area contributed by atoms with E-state index in [1.807, 2.05) is 69.2 Å². The van der Waals surface area contributed by atoms with Gasteiger partial charge in [-0.25, -0.2) is 0 Å². The van der Waals surface area contributed by atoms with Crippen LogP contribution in [0.1, 0.15) is 95.9 Å². The van der Waals surface area contributed by atoms with Gasteiger partial charge in [-0.05, 0) is 66.2 Å². The number of rotatable bonds is 10. The number of hydrogen-bond acceptors (Lipinski definition) is 8. The molecule has 0 amide bonds. The number of likely N-dealkylation sites (N-methyl/N-ethyl adjacent to an activating group) is 4. The van der Waals surface area contributed by atoms with Crippen molar-refractivity contribution in [2.75, 3.05) is 158 Å². The zero-order valence-corrected chi connectivity index (χ0v) is 34.5. The lowest BCUT2D eigenvalue weighted by molar-refractivity contribution is 0.120. The quantitative estimate of drug-likeness (QED) is 0.297. The maximum atomic E-state index is 2.64. The van der Waals surface area contributed by atoms with Gasteiger partial charge in [-0.3, -0.25) is 0 Å². The highest BCUT2D eigenvalue weighted by Gasteiger charge is 2.18. The Morgan fingerprint density at radius 2 is 0.457 bits per heavy atom. The Balaban J connectivity index is -0.000000632. The van der Waals surface area contributed by atoms with Crippen LogP contribution in [-0.4, -0.2) is 197 Å². The van der Waals surface area contributed by atoms with Crippen molar-refractivity contribution in [3.05, 3.63) is 0 Å². The van der Waals surface area contributed by atoms with Crippen LogP contribution in [0.4, 0.5) is 0 Å². The minimum absolute atomic E-state index is 1.22. The van der Waals surface area contributed by atoms with Crippen molar-refractivity contribution in [2.45, 2.75) is 95.9 Å². The maximum absolute atomic E-state index is 2.64. The monoisotopic (exact) mass is 659 g/mol. The molecular weight excluding hydrogens is 568 g/mol. The van der Waals surface area contributed by atoms with Gasteiger partial charge in [0.15, 0.2) is 0 Å². The van der Waals surface area contributed by atoms with Crippen LogP contribution in [0.2, 0.25) is 0 Å². The summed E-state index contributed by atoms with van der Waals surface area (Å²) in [6.07, 6.45) is 2.69. The molecule has 4 rings (SSSR count). The van der Waals surface area contributed by atoms with Crippen molar-refractivity contribution in [3.63, 3.8) is 0 Å². The maximum Gasteiger partial charge on any atom is 0.0110 e. The van der Waals surface area contributed by atoms with Crippen LogP contribution >= 0.6 is 0 Å². The van der Waals surface area contributed by atoms with E-state index in [2.05, 4.69) is 67.1 Å². The van der Waals surface area contributed by atoms with Gasteiger partial charge in [0.05, 0.1) is 0 Å². The first-order valence-corrected chi connectivity index (χ1v) is 20.3. The summed E-state index contributed by atoms with van der Waals surface area (Å²) in [4.78, 5) is 20.5. The van der Waals surface area contributed by atoms with Gasteiger partial charge in [-0.1, -0.05) is 83.1 Å². The van der Waals surface area contributed by atoms with Gasteiger partial charge in [0.1, 0.15) is 0 Å². The van der Waals surface area contributed by atoms with Crippen LogP contribution in [-0.2, 0) is 0 Å². The van der Waals surface area contributed by atoms with E-state index < -0.39 is 0 Å². The van der Waals surface area contributed by atoms with Gasteiger partial charge in [0, 0.05) is 105 Å². The summed E-state index contributed by atoms with van der Waals surface area (Å²) in [7, 11) is 4.45. The van der Waals surface area contributed by atoms with Crippen molar-refractivity contribution < 1.29 is 0 Å². The molecule has 0 saturated carbocycles. The average molecular weight is 659 g/mol. The summed E-state index contributed by atoms with van der Waals surface area (Å²) < 4.78 is 0. The Morgan fingerprint density at radius 3 is 0.652 bits per heavy atom. The third kappa shape index (κ3) is 25.7. The van der Waals surface area contributed by atoms with E-state index in [1.54, 1.807) is 0 Å². The van der Waals surface area contributed by atoms with Gasteiger partial charge in [-0.2, -0.15) is 0 Å². The van der Waals surface area contributed by atoms with Gasteiger partial charge < -0.3 is 39.2 Å². The van der Waals surface area contributed by atoms with E-state index in [-0.39, 0.29) is 0 Å². The second kappa shape index (κ2) is 37.5. The Morgan fingerprint density at radius 1 is 0.283 bits per heavy atom. The van der Waals surface area contributed by atoms with Crippen molar-refractivity contribution in [3.8, 4) is 0 Å². The number of hydrogen-bond donors (Lipinski definition) is 0. The predicted octanol–water partition coefficient (Wildman–Crippen LogP) is 5.65. The lowest BCUT2D eigenvalue weighted by Crippen LogP contribution is -2.47. The first-order chi connectivity index (χ1) is 22.6. The molecule has 0 unspecified atom stereocenters. The van der Waals surface area contributed by atoms with Crippen LogP contribution in [0.3, 0.4) is 0 Å². The lowest BCUT2D eigenvalue weighted by atomic mass is 10.2. The van der Waals surface area contributed by atoms with Crippen LogP contribution in [0.5, 0.6) is 0 Å². The Bertz CT molecular complexity index is 487. The zero-order valence-electron chi connectivity index (χ0n) is 34.5. The summed E-state index contributed by atoms with van der Waals surface area (Å²) in [5, 5.41) is 0. The van der Waals surface area contributed by atoms with E-state index in [0.717, 1.165) is 0 Å². The number of nitrogens with zero attached hydrogens (tertiary/aromatic N) is 8. The van der Waals surface area contributed by atoms with E-state index in [4.69, 9.17) is 0 Å². The minimum Gasteiger partial charge on any atom is -0.304 e. The van der Waals surface area contributed by atoms with Crippen LogP contribution in [0.25, 0.3) is 0 Å². The summed E-state index contributed by atoms with van der Waals surface area (Å²) >= 11 is 0. The minimum atomic E-state index is 1.22. The lowest BCUT2D eigenvalue weighted by Gasteiger charge is -2.35. The molecule has 0 radical (unpaired) electrons. The van der Waals surface area contributed by atoms with Gasteiger partial charge >= 0.3 is 0 Å². The summed E-state index contributed by atoms with van der Waals surface area (Å²) in [5.74, 6) is 0. The third-order valence-corrected chi connectivity index (χ3v) is 8.91. The Kier molecular flexibility index (Phi) is 40.8. The SMILES string of the molecule is CC.CC.CC.CC.CC.CCN1CCN(CCCN2CCN(C)CC2)CC1.CCN1CCN(CCCN2CCN(C)CC2)CC1. The molecule has 282 valence electrons. The predicted molar refractivity (Wildman–Crippen MR) is 211 cm³/mol. The first-order valence-electron chi connectivity index (χ1n) is 20.3. The fraction of sp³-hybridized carbons (Fsp3) is 1.00. The highest BCUT2D eigenvalue weighted by Crippen LogP contribution is 2.06. The van der Waals surface area contributed by atoms with E-state index in [1.165, 1.54) is 157 Å². The summed E-state index contributed by atoms with van der Waals surface area (Å²) in [6.45, 7) is 52.4. The highest BCUT2D eigenvalue weighted by molar-refractivity contribution is 4.74. The normalized spacial score (nSPS) is 20.7. The fourth-order valence-electron chi connectivity index (χ4n) is 5.84. The average Bonchev–Trinajstić information content (AvgIpc) is 3.15. The molecule has 0 aromatic carbocycles. The van der Waals surface area contributed by atoms with E-state index in [0.29, 0.717) is 0 Å². The zero-order chi connectivity index (χ0) is 35.6. The standard InChI is InChI=1S/2C14H30N4.5C2H6/c2*1-3-16-11-13-18(14-12-16)6-4-5-17-9-7-15(2)8-10-17;5*1-2/h2*3-14H2,1-2H3;5*1-2H3. The fourth-order valence-corrected chi connectivity index (χ4v) is 5.84. The van der Waals surface area contributed by atoms with Crippen molar-refractivity contribution in [1.82, 2.24) is 39.2 Å². The molecule has 0 spiro atoms. The van der Waals surface area contributed by atoms with E-state index in [9.17, 15) is 0 Å². The van der Waals surface area contributed by atoms with Gasteiger partial charge in [-0.15, -0.1) is 0 Å². The second-order valence-electron chi connectivity index (χ2n) is 11.5. The first kappa shape index (κ1) is 50.1. The van der Waals surface area contributed by atoms with Crippen LogP contribution < -0.4 is 0 Å². The molecular formula is C38H90N8. The topological polar surface area (TPSA) is 25.9 Å². The molecule has 0 aromatic rings. The van der Waals surface area contributed by atoms with Crippen molar-refractivity contribution in [2.24, 2.45) is 0 Å². The molecule has 0 aromatic heterocycles. The van der Waals surface area contributed by atoms with Gasteiger partial charge in [0.25, 0.3) is 0 Å². The molecule has 8 heteroatoms. The molecule has 0 N–H and O–H groups in total. The third-order valence-electron chi connectivity index (χ3n) is 8.91. The molecule has 46 heavy (non-hydrogen) atoms. The number of piperazine rings is 4. The summed E-state index contributed by atoms with van der Waals surface area (Å²) in [6, 6.07) is 0. The Hall–Kier alpha value is -0.320. The molecule has 0 bridgehead atoms. The van der Waals surface area contributed by atoms with E-state index >= 15 is 0 Å².